The number of β-amino-alcohol motifs (C(OH)–C–C–N with tert-alkyl or cyclic N) is 1. The largest absolute Gasteiger partial charge is 0.491 e. The molecule has 160 valence electrons. The Morgan fingerprint density at radius 3 is 2.13 bits per heavy atom. The zero-order valence-corrected chi connectivity index (χ0v) is 16.5. The van der Waals surface area contributed by atoms with Crippen LogP contribution in [0.3, 0.4) is 0 Å². The van der Waals surface area contributed by atoms with E-state index in [1.54, 1.807) is 24.3 Å². The van der Waals surface area contributed by atoms with E-state index in [0.717, 1.165) is 43.9 Å². The highest BCUT2D eigenvalue weighted by molar-refractivity contribution is 5.34. The van der Waals surface area contributed by atoms with E-state index in [1.807, 2.05) is 6.07 Å². The molecule has 1 atom stereocenters. The number of aliphatic hydroxyl groups is 1. The van der Waals surface area contributed by atoms with Gasteiger partial charge in [0.2, 0.25) is 0 Å². The predicted molar refractivity (Wildman–Crippen MR) is 106 cm³/mol. The van der Waals surface area contributed by atoms with E-state index >= 15 is 0 Å². The molecule has 5 nitrogen and oxygen atoms in total. The van der Waals surface area contributed by atoms with Crippen molar-refractivity contribution in [3.63, 3.8) is 0 Å². The Balaban J connectivity index is 1.38. The van der Waals surface area contributed by atoms with E-state index in [9.17, 15) is 18.3 Å². The minimum atomic E-state index is -4.31. The summed E-state index contributed by atoms with van der Waals surface area (Å²) >= 11 is 0. The fourth-order valence-corrected chi connectivity index (χ4v) is 3.36. The van der Waals surface area contributed by atoms with Crippen LogP contribution in [0.4, 0.5) is 13.2 Å². The first kappa shape index (κ1) is 22.1. The topological polar surface area (TPSA) is 59.7 Å². The average molecular weight is 419 g/mol. The second-order valence-electron chi connectivity index (χ2n) is 7.37. The Hall–Kier alpha value is -2.60. The lowest BCUT2D eigenvalue weighted by atomic mass is 10.1. The van der Waals surface area contributed by atoms with Gasteiger partial charge in [-0.1, -0.05) is 12.1 Å². The molecule has 0 amide bonds. The highest BCUT2D eigenvalue weighted by Gasteiger charge is 2.30. The van der Waals surface area contributed by atoms with Gasteiger partial charge in [0.15, 0.2) is 0 Å². The smallest absolute Gasteiger partial charge is 0.416 e. The molecular formula is C22H24F3N3O2. The van der Waals surface area contributed by atoms with E-state index in [-0.39, 0.29) is 6.61 Å². The van der Waals surface area contributed by atoms with Crippen LogP contribution in [0, 0.1) is 11.3 Å². The number of ether oxygens (including phenoxy) is 1. The van der Waals surface area contributed by atoms with Crippen LogP contribution in [0.2, 0.25) is 0 Å². The number of hydrogen-bond acceptors (Lipinski definition) is 5. The molecule has 0 bridgehead atoms. The minimum Gasteiger partial charge on any atom is -0.491 e. The molecule has 1 heterocycles. The van der Waals surface area contributed by atoms with E-state index < -0.39 is 17.8 Å². The quantitative estimate of drug-likeness (QED) is 0.747. The van der Waals surface area contributed by atoms with Gasteiger partial charge in [0.05, 0.1) is 17.2 Å². The SMILES string of the molecule is N#Cc1ccc(OCC(O)CN2CCN(Cc3ccc(C(F)(F)F)cc3)CC2)cc1. The number of nitriles is 1. The summed E-state index contributed by atoms with van der Waals surface area (Å²) in [5.41, 5.74) is 0.776. The van der Waals surface area contributed by atoms with Crippen molar-refractivity contribution >= 4 is 0 Å². The summed E-state index contributed by atoms with van der Waals surface area (Å²) in [5.74, 6) is 0.606. The van der Waals surface area contributed by atoms with Crippen LogP contribution in [-0.2, 0) is 12.7 Å². The van der Waals surface area contributed by atoms with Crippen LogP contribution in [0.1, 0.15) is 16.7 Å². The number of benzene rings is 2. The second-order valence-corrected chi connectivity index (χ2v) is 7.37. The Labute approximate surface area is 173 Å². The van der Waals surface area contributed by atoms with E-state index in [0.29, 0.717) is 24.4 Å². The van der Waals surface area contributed by atoms with Gasteiger partial charge in [-0.3, -0.25) is 9.80 Å². The summed E-state index contributed by atoms with van der Waals surface area (Å²) in [6.45, 7) is 4.37. The maximum Gasteiger partial charge on any atom is 0.416 e. The number of alkyl halides is 3. The van der Waals surface area contributed by atoms with Gasteiger partial charge in [-0.15, -0.1) is 0 Å². The van der Waals surface area contributed by atoms with Gasteiger partial charge in [-0.25, -0.2) is 0 Å². The molecule has 1 aliphatic rings. The lowest BCUT2D eigenvalue weighted by molar-refractivity contribution is -0.137. The van der Waals surface area contributed by atoms with Crippen LogP contribution >= 0.6 is 0 Å². The molecule has 8 heteroatoms. The number of piperazine rings is 1. The maximum atomic E-state index is 12.7. The molecule has 1 saturated heterocycles. The Morgan fingerprint density at radius 2 is 1.57 bits per heavy atom. The van der Waals surface area contributed by atoms with Gasteiger partial charge in [-0.05, 0) is 42.0 Å². The molecule has 1 N–H and O–H groups in total. The monoisotopic (exact) mass is 419 g/mol. The summed E-state index contributed by atoms with van der Waals surface area (Å²) in [4.78, 5) is 4.34. The molecular weight excluding hydrogens is 395 g/mol. The number of hydrogen-bond donors (Lipinski definition) is 1. The molecule has 1 aliphatic heterocycles. The van der Waals surface area contributed by atoms with Gasteiger partial charge in [-0.2, -0.15) is 18.4 Å². The van der Waals surface area contributed by atoms with Crippen molar-refractivity contribution < 1.29 is 23.0 Å². The lowest BCUT2D eigenvalue weighted by Crippen LogP contribution is -2.48. The molecule has 2 aromatic carbocycles. The number of nitrogens with zero attached hydrogens (tertiary/aromatic N) is 3. The molecule has 1 unspecified atom stereocenters. The minimum absolute atomic E-state index is 0.164. The Morgan fingerprint density at radius 1 is 0.967 bits per heavy atom. The third kappa shape index (κ3) is 6.46. The fraction of sp³-hybridized carbons (Fsp3) is 0.409. The van der Waals surface area contributed by atoms with Gasteiger partial charge >= 0.3 is 6.18 Å². The molecule has 30 heavy (non-hydrogen) atoms. The first-order chi connectivity index (χ1) is 14.3. The number of aliphatic hydroxyl groups excluding tert-OH is 1. The van der Waals surface area contributed by atoms with Gasteiger partial charge in [0.25, 0.3) is 0 Å². The zero-order chi connectivity index (χ0) is 21.6. The van der Waals surface area contributed by atoms with Crippen molar-refractivity contribution in [2.24, 2.45) is 0 Å². The van der Waals surface area contributed by atoms with Crippen LogP contribution in [0.15, 0.2) is 48.5 Å². The summed E-state index contributed by atoms with van der Waals surface area (Å²) < 4.78 is 43.5. The van der Waals surface area contributed by atoms with E-state index in [2.05, 4.69) is 9.80 Å². The van der Waals surface area contributed by atoms with Crippen molar-refractivity contribution in [3.8, 4) is 11.8 Å². The number of halogens is 3. The normalized spacial score (nSPS) is 16.8. The van der Waals surface area contributed by atoms with Crippen molar-refractivity contribution in [2.75, 3.05) is 39.3 Å². The lowest BCUT2D eigenvalue weighted by Gasteiger charge is -2.35. The number of rotatable bonds is 7. The Bertz CT molecular complexity index is 840. The fourth-order valence-electron chi connectivity index (χ4n) is 3.36. The molecule has 2 aromatic rings. The van der Waals surface area contributed by atoms with E-state index in [1.165, 1.54) is 12.1 Å². The predicted octanol–water partition coefficient (Wildman–Crippen LogP) is 3.13. The molecule has 1 fully saturated rings. The average Bonchev–Trinajstić information content (AvgIpc) is 2.74. The highest BCUT2D eigenvalue weighted by atomic mass is 19.4. The molecule has 3 rings (SSSR count). The Kier molecular flexibility index (Phi) is 7.32. The first-order valence-corrected chi connectivity index (χ1v) is 9.75. The second kappa shape index (κ2) is 9.94. The molecule has 0 saturated carbocycles. The van der Waals surface area contributed by atoms with Crippen molar-refractivity contribution in [3.05, 3.63) is 65.2 Å². The molecule has 0 aromatic heterocycles. The van der Waals surface area contributed by atoms with Gasteiger partial charge < -0.3 is 9.84 Å². The summed E-state index contributed by atoms with van der Waals surface area (Å²) in [7, 11) is 0. The van der Waals surface area contributed by atoms with Crippen LogP contribution in [-0.4, -0.2) is 60.3 Å². The summed E-state index contributed by atoms with van der Waals surface area (Å²) in [6, 6.07) is 14.1. The van der Waals surface area contributed by atoms with Crippen LogP contribution in [0.25, 0.3) is 0 Å². The van der Waals surface area contributed by atoms with E-state index in [4.69, 9.17) is 10.00 Å². The maximum absolute atomic E-state index is 12.7. The van der Waals surface area contributed by atoms with Gasteiger partial charge in [0, 0.05) is 39.3 Å². The summed E-state index contributed by atoms with van der Waals surface area (Å²) in [5, 5.41) is 19.0. The van der Waals surface area contributed by atoms with Crippen molar-refractivity contribution in [1.82, 2.24) is 9.80 Å². The third-order valence-electron chi connectivity index (χ3n) is 5.05. The highest BCUT2D eigenvalue weighted by Crippen LogP contribution is 2.29. The molecule has 0 radical (unpaired) electrons. The first-order valence-electron chi connectivity index (χ1n) is 9.75. The van der Waals surface area contributed by atoms with Crippen molar-refractivity contribution in [2.45, 2.75) is 18.8 Å². The molecule has 0 spiro atoms. The standard InChI is InChI=1S/C22H24F3N3O2/c23-22(24,25)19-5-1-18(2-6-19)14-27-9-11-28(12-10-27)15-20(29)16-30-21-7-3-17(13-26)4-8-21/h1-8,20,29H,9-12,14-16H2. The zero-order valence-electron chi connectivity index (χ0n) is 16.5. The van der Waals surface area contributed by atoms with Gasteiger partial charge in [0.1, 0.15) is 18.5 Å². The van der Waals surface area contributed by atoms with Crippen molar-refractivity contribution in [1.29, 1.82) is 5.26 Å². The third-order valence-corrected chi connectivity index (χ3v) is 5.05. The van der Waals surface area contributed by atoms with Crippen LogP contribution in [0.5, 0.6) is 5.75 Å². The molecule has 0 aliphatic carbocycles. The van der Waals surface area contributed by atoms with Crippen LogP contribution < -0.4 is 4.74 Å². The summed E-state index contributed by atoms with van der Waals surface area (Å²) in [6.07, 6.45) is -4.95.